The molecule has 6 nitrogen and oxygen atoms in total. The van der Waals surface area contributed by atoms with E-state index in [1.165, 1.54) is 0 Å². The van der Waals surface area contributed by atoms with E-state index >= 15 is 0 Å². The number of anilines is 2. The van der Waals surface area contributed by atoms with Crippen LogP contribution in [-0.4, -0.2) is 61.0 Å². The number of carbonyl (C=O) groups excluding carboxylic acids is 1. The lowest BCUT2D eigenvalue weighted by Gasteiger charge is -2.35. The van der Waals surface area contributed by atoms with Gasteiger partial charge in [0.2, 0.25) is 5.95 Å². The van der Waals surface area contributed by atoms with Crippen LogP contribution in [0.2, 0.25) is 0 Å². The van der Waals surface area contributed by atoms with Crippen molar-refractivity contribution in [3.05, 3.63) is 46.6 Å². The standard InChI is InChI=1S/C20H27N5O/c1-14-6-7-15(2)17(12-14)19(26)24-8-10-25(11-9-24)20-21-16(3)13-18(22-20)23(4)5/h6-7,12-13H,8-11H2,1-5H3. The molecule has 0 saturated carbocycles. The lowest BCUT2D eigenvalue weighted by atomic mass is 10.0. The molecule has 2 heterocycles. The number of aromatic nitrogens is 2. The molecule has 6 heteroatoms. The summed E-state index contributed by atoms with van der Waals surface area (Å²) >= 11 is 0. The van der Waals surface area contributed by atoms with E-state index in [1.54, 1.807) is 0 Å². The zero-order valence-corrected chi connectivity index (χ0v) is 16.3. The number of carbonyl (C=O) groups is 1. The summed E-state index contributed by atoms with van der Waals surface area (Å²) in [6.45, 7) is 8.85. The van der Waals surface area contributed by atoms with Crippen molar-refractivity contribution in [2.45, 2.75) is 20.8 Å². The third kappa shape index (κ3) is 3.79. The van der Waals surface area contributed by atoms with Crippen LogP contribution in [0.4, 0.5) is 11.8 Å². The third-order valence-corrected chi connectivity index (χ3v) is 4.76. The van der Waals surface area contributed by atoms with Gasteiger partial charge in [-0.3, -0.25) is 4.79 Å². The maximum atomic E-state index is 12.9. The van der Waals surface area contributed by atoms with Crippen molar-refractivity contribution >= 4 is 17.7 Å². The lowest BCUT2D eigenvalue weighted by Crippen LogP contribution is -2.49. The summed E-state index contributed by atoms with van der Waals surface area (Å²) < 4.78 is 0. The molecule has 2 aromatic rings. The van der Waals surface area contributed by atoms with Crippen molar-refractivity contribution in [2.75, 3.05) is 50.1 Å². The van der Waals surface area contributed by atoms with Gasteiger partial charge in [-0.15, -0.1) is 0 Å². The maximum Gasteiger partial charge on any atom is 0.254 e. The molecule has 1 aromatic carbocycles. The van der Waals surface area contributed by atoms with E-state index in [-0.39, 0.29) is 5.91 Å². The Kier molecular flexibility index (Phi) is 5.11. The molecule has 138 valence electrons. The van der Waals surface area contributed by atoms with E-state index in [0.29, 0.717) is 13.1 Å². The van der Waals surface area contributed by atoms with Crippen LogP contribution < -0.4 is 9.80 Å². The molecule has 0 bridgehead atoms. The summed E-state index contributed by atoms with van der Waals surface area (Å²) in [7, 11) is 3.96. The summed E-state index contributed by atoms with van der Waals surface area (Å²) in [6.07, 6.45) is 0. The molecule has 0 unspecified atom stereocenters. The van der Waals surface area contributed by atoms with Gasteiger partial charge < -0.3 is 14.7 Å². The second-order valence-electron chi connectivity index (χ2n) is 7.16. The largest absolute Gasteiger partial charge is 0.363 e. The molecule has 0 atom stereocenters. The predicted molar refractivity (Wildman–Crippen MR) is 105 cm³/mol. The number of piperazine rings is 1. The summed E-state index contributed by atoms with van der Waals surface area (Å²) in [6, 6.07) is 8.02. The van der Waals surface area contributed by atoms with Crippen LogP contribution in [0, 0.1) is 20.8 Å². The van der Waals surface area contributed by atoms with Crippen LogP contribution in [0.1, 0.15) is 27.2 Å². The summed E-state index contributed by atoms with van der Waals surface area (Å²) in [4.78, 5) is 28.2. The van der Waals surface area contributed by atoms with Gasteiger partial charge in [-0.1, -0.05) is 17.7 Å². The molecular formula is C20H27N5O. The Morgan fingerprint density at radius 2 is 1.69 bits per heavy atom. The minimum Gasteiger partial charge on any atom is -0.363 e. The van der Waals surface area contributed by atoms with Crippen LogP contribution in [0.15, 0.2) is 24.3 Å². The molecular weight excluding hydrogens is 326 g/mol. The number of hydrogen-bond acceptors (Lipinski definition) is 5. The minimum atomic E-state index is 0.116. The van der Waals surface area contributed by atoms with Crippen molar-refractivity contribution in [1.82, 2.24) is 14.9 Å². The van der Waals surface area contributed by atoms with Crippen LogP contribution >= 0.6 is 0 Å². The SMILES string of the molecule is Cc1ccc(C)c(C(=O)N2CCN(c3nc(C)cc(N(C)C)n3)CC2)c1. The molecule has 1 saturated heterocycles. The highest BCUT2D eigenvalue weighted by Crippen LogP contribution is 2.19. The molecule has 1 aliphatic heterocycles. The van der Waals surface area contributed by atoms with Crippen molar-refractivity contribution < 1.29 is 4.79 Å². The highest BCUT2D eigenvalue weighted by molar-refractivity contribution is 5.96. The van der Waals surface area contributed by atoms with Gasteiger partial charge in [-0.2, -0.15) is 4.98 Å². The molecule has 0 radical (unpaired) electrons. The minimum absolute atomic E-state index is 0.116. The molecule has 0 N–H and O–H groups in total. The lowest BCUT2D eigenvalue weighted by molar-refractivity contribution is 0.0745. The van der Waals surface area contributed by atoms with E-state index in [0.717, 1.165) is 47.2 Å². The molecule has 26 heavy (non-hydrogen) atoms. The molecule has 3 rings (SSSR count). The van der Waals surface area contributed by atoms with Crippen molar-refractivity contribution in [2.24, 2.45) is 0 Å². The van der Waals surface area contributed by atoms with Gasteiger partial charge in [0.25, 0.3) is 5.91 Å². The second-order valence-corrected chi connectivity index (χ2v) is 7.16. The van der Waals surface area contributed by atoms with Crippen molar-refractivity contribution in [3.63, 3.8) is 0 Å². The van der Waals surface area contributed by atoms with E-state index in [9.17, 15) is 4.79 Å². The Balaban J connectivity index is 1.71. The van der Waals surface area contributed by atoms with Gasteiger partial charge in [0.15, 0.2) is 0 Å². The van der Waals surface area contributed by atoms with E-state index < -0.39 is 0 Å². The number of nitrogens with zero attached hydrogens (tertiary/aromatic N) is 5. The molecule has 1 fully saturated rings. The van der Waals surface area contributed by atoms with Gasteiger partial charge in [0.1, 0.15) is 5.82 Å². The molecule has 1 amide bonds. The van der Waals surface area contributed by atoms with Crippen LogP contribution in [0.25, 0.3) is 0 Å². The zero-order valence-electron chi connectivity index (χ0n) is 16.3. The first-order valence-electron chi connectivity index (χ1n) is 8.99. The number of hydrogen-bond donors (Lipinski definition) is 0. The van der Waals surface area contributed by atoms with Gasteiger partial charge in [-0.25, -0.2) is 4.98 Å². The van der Waals surface area contributed by atoms with Gasteiger partial charge in [0.05, 0.1) is 0 Å². The summed E-state index contributed by atoms with van der Waals surface area (Å²) in [5.74, 6) is 1.76. The van der Waals surface area contributed by atoms with Crippen molar-refractivity contribution in [1.29, 1.82) is 0 Å². The van der Waals surface area contributed by atoms with Crippen molar-refractivity contribution in [3.8, 4) is 0 Å². The number of amides is 1. The van der Waals surface area contributed by atoms with Gasteiger partial charge in [-0.05, 0) is 32.4 Å². The number of aryl methyl sites for hydroxylation is 3. The smallest absolute Gasteiger partial charge is 0.254 e. The van der Waals surface area contributed by atoms with Crippen LogP contribution in [0.3, 0.4) is 0 Å². The molecule has 1 aromatic heterocycles. The monoisotopic (exact) mass is 353 g/mol. The topological polar surface area (TPSA) is 52.6 Å². The first-order valence-corrected chi connectivity index (χ1v) is 8.99. The highest BCUT2D eigenvalue weighted by atomic mass is 16.2. The normalized spacial score (nSPS) is 14.5. The predicted octanol–water partition coefficient (Wildman–Crippen LogP) is 2.43. The average molecular weight is 353 g/mol. The maximum absolute atomic E-state index is 12.9. The highest BCUT2D eigenvalue weighted by Gasteiger charge is 2.24. The van der Waals surface area contributed by atoms with Crippen LogP contribution in [-0.2, 0) is 0 Å². The zero-order chi connectivity index (χ0) is 18.8. The Labute approximate surface area is 155 Å². The average Bonchev–Trinajstić information content (AvgIpc) is 2.62. The van der Waals surface area contributed by atoms with Gasteiger partial charge in [0, 0.05) is 57.6 Å². The second kappa shape index (κ2) is 7.32. The molecule has 0 spiro atoms. The van der Waals surface area contributed by atoms with E-state index in [2.05, 4.69) is 14.9 Å². The van der Waals surface area contributed by atoms with Crippen LogP contribution in [0.5, 0.6) is 0 Å². The summed E-state index contributed by atoms with van der Waals surface area (Å²) in [5, 5.41) is 0. The Hall–Kier alpha value is -2.63. The van der Waals surface area contributed by atoms with E-state index in [1.807, 2.05) is 68.9 Å². The Morgan fingerprint density at radius 1 is 1.00 bits per heavy atom. The fourth-order valence-electron chi connectivity index (χ4n) is 3.15. The molecule has 1 aliphatic rings. The number of benzene rings is 1. The first-order chi connectivity index (χ1) is 12.3. The summed E-state index contributed by atoms with van der Waals surface area (Å²) in [5.41, 5.74) is 3.90. The Bertz CT molecular complexity index is 810. The quantitative estimate of drug-likeness (QED) is 0.848. The molecule has 0 aliphatic carbocycles. The third-order valence-electron chi connectivity index (χ3n) is 4.76. The number of rotatable bonds is 3. The fourth-order valence-corrected chi connectivity index (χ4v) is 3.15. The Morgan fingerprint density at radius 3 is 2.35 bits per heavy atom. The fraction of sp³-hybridized carbons (Fsp3) is 0.450. The van der Waals surface area contributed by atoms with E-state index in [4.69, 9.17) is 0 Å². The first kappa shape index (κ1) is 18.2. The van der Waals surface area contributed by atoms with Gasteiger partial charge >= 0.3 is 0 Å².